The zero-order valence-electron chi connectivity index (χ0n) is 19.5. The zero-order chi connectivity index (χ0) is 23.5. The first-order chi connectivity index (χ1) is 16.5. The van der Waals surface area contributed by atoms with Gasteiger partial charge in [0.15, 0.2) is 5.69 Å². The summed E-state index contributed by atoms with van der Waals surface area (Å²) < 4.78 is 34.0. The van der Waals surface area contributed by atoms with Gasteiger partial charge in [-0.2, -0.15) is 4.31 Å². The lowest BCUT2D eigenvalue weighted by molar-refractivity contribution is 0.0902. The van der Waals surface area contributed by atoms with Crippen molar-refractivity contribution < 1.29 is 17.7 Å². The van der Waals surface area contributed by atoms with Gasteiger partial charge in [-0.3, -0.25) is 4.79 Å². The highest BCUT2D eigenvalue weighted by Gasteiger charge is 2.38. The number of nitrogens with one attached hydrogen (secondary N) is 2. The van der Waals surface area contributed by atoms with E-state index in [1.165, 1.54) is 0 Å². The normalized spacial score (nSPS) is 26.3. The van der Waals surface area contributed by atoms with Gasteiger partial charge in [-0.25, -0.2) is 8.42 Å². The second-order valence-electron chi connectivity index (χ2n) is 10.0. The first kappa shape index (κ1) is 23.5. The van der Waals surface area contributed by atoms with Crippen LogP contribution in [0.1, 0.15) is 66.3 Å². The average molecular weight is 487 g/mol. The van der Waals surface area contributed by atoms with Crippen molar-refractivity contribution in [3.63, 3.8) is 0 Å². The Hall–Kier alpha value is -2.23. The Morgan fingerprint density at radius 1 is 1.18 bits per heavy atom. The highest BCUT2D eigenvalue weighted by Crippen LogP contribution is 2.40. The van der Waals surface area contributed by atoms with E-state index in [0.29, 0.717) is 37.4 Å². The van der Waals surface area contributed by atoms with E-state index in [9.17, 15) is 13.2 Å². The van der Waals surface area contributed by atoms with E-state index < -0.39 is 10.0 Å². The van der Waals surface area contributed by atoms with Crippen LogP contribution in [0.15, 0.2) is 40.9 Å². The molecule has 5 rings (SSSR count). The highest BCUT2D eigenvalue weighted by atomic mass is 32.2. The van der Waals surface area contributed by atoms with Gasteiger partial charge < -0.3 is 15.2 Å². The number of hydrogen-bond acceptors (Lipinski definition) is 6. The minimum atomic E-state index is -3.40. The molecule has 1 aliphatic carbocycles. The summed E-state index contributed by atoms with van der Waals surface area (Å²) in [5.74, 6) is 1.28. The molecule has 8 nitrogen and oxygen atoms in total. The molecule has 3 heterocycles. The van der Waals surface area contributed by atoms with Crippen LogP contribution in [-0.4, -0.2) is 61.3 Å². The monoisotopic (exact) mass is 486 g/mol. The predicted molar refractivity (Wildman–Crippen MR) is 129 cm³/mol. The highest BCUT2D eigenvalue weighted by molar-refractivity contribution is 7.89. The van der Waals surface area contributed by atoms with E-state index in [2.05, 4.69) is 15.8 Å². The fourth-order valence-electron chi connectivity index (χ4n) is 5.27. The summed E-state index contributed by atoms with van der Waals surface area (Å²) in [6, 6.07) is 11.4. The molecule has 3 atom stereocenters. The predicted octanol–water partition coefficient (Wildman–Crippen LogP) is 2.69. The number of sulfonamides is 1. The van der Waals surface area contributed by atoms with Crippen LogP contribution in [0.3, 0.4) is 0 Å². The van der Waals surface area contributed by atoms with E-state index in [0.717, 1.165) is 50.1 Å². The molecule has 184 valence electrons. The van der Waals surface area contributed by atoms with Crippen LogP contribution in [0.4, 0.5) is 0 Å². The van der Waals surface area contributed by atoms with Gasteiger partial charge in [0.2, 0.25) is 10.0 Å². The molecule has 2 saturated heterocycles. The van der Waals surface area contributed by atoms with Crippen LogP contribution in [0.2, 0.25) is 0 Å². The molecule has 1 unspecified atom stereocenters. The Morgan fingerprint density at radius 2 is 2.00 bits per heavy atom. The van der Waals surface area contributed by atoms with Gasteiger partial charge in [-0.1, -0.05) is 35.5 Å². The topological polar surface area (TPSA) is 105 Å². The quantitative estimate of drug-likeness (QED) is 0.595. The largest absolute Gasteiger partial charge is 0.360 e. The molecule has 9 heteroatoms. The lowest BCUT2D eigenvalue weighted by Gasteiger charge is -2.39. The summed E-state index contributed by atoms with van der Waals surface area (Å²) in [4.78, 5) is 12.8. The zero-order valence-corrected chi connectivity index (χ0v) is 20.3. The molecule has 2 aliphatic heterocycles. The number of benzene rings is 1. The molecule has 0 bridgehead atoms. The molecule has 2 aromatic rings. The van der Waals surface area contributed by atoms with Crippen molar-refractivity contribution in [1.82, 2.24) is 20.1 Å². The van der Waals surface area contributed by atoms with Crippen LogP contribution in [-0.2, 0) is 16.4 Å². The maximum absolute atomic E-state index is 13.5. The third-order valence-electron chi connectivity index (χ3n) is 7.25. The Kier molecular flexibility index (Phi) is 7.04. The second kappa shape index (κ2) is 10.2. The molecule has 0 radical (unpaired) electrons. The first-order valence-electron chi connectivity index (χ1n) is 12.5. The number of carbonyl (C=O) groups is 1. The molecular formula is C25H34N4O4S. The minimum absolute atomic E-state index is 0.106. The van der Waals surface area contributed by atoms with Gasteiger partial charge in [0, 0.05) is 30.6 Å². The number of amides is 1. The smallest absolute Gasteiger partial charge is 0.273 e. The van der Waals surface area contributed by atoms with Crippen molar-refractivity contribution in [2.24, 2.45) is 5.92 Å². The van der Waals surface area contributed by atoms with Crippen LogP contribution in [0.25, 0.3) is 0 Å². The van der Waals surface area contributed by atoms with Crippen LogP contribution in [0.5, 0.6) is 0 Å². The first-order valence-corrected chi connectivity index (χ1v) is 14.1. The fourth-order valence-corrected chi connectivity index (χ4v) is 7.34. The molecule has 1 amide bonds. The molecule has 1 aromatic heterocycles. The summed E-state index contributed by atoms with van der Waals surface area (Å²) in [5.41, 5.74) is 1.41. The Labute approximate surface area is 201 Å². The minimum Gasteiger partial charge on any atom is -0.360 e. The van der Waals surface area contributed by atoms with Gasteiger partial charge in [-0.15, -0.1) is 0 Å². The van der Waals surface area contributed by atoms with E-state index in [-0.39, 0.29) is 29.7 Å². The standard InChI is InChI=1S/C25H34N4O4S/c30-25(23-15-24(33-28-23)20-8-9-20)27-21-10-12-29(22(14-21)13-18-5-2-1-3-6-18)34(31,32)17-19-7-4-11-26-16-19/h1-3,5-6,15,19-22,26H,4,7-14,16-17H2,(H,27,30)/t19?,21-,22-/m0/s1. The van der Waals surface area contributed by atoms with Gasteiger partial charge in [-0.05, 0) is 69.5 Å². The third kappa shape index (κ3) is 5.70. The number of carbonyl (C=O) groups excluding carboxylic acids is 1. The summed E-state index contributed by atoms with van der Waals surface area (Å²) in [6.07, 6.45) is 5.94. The lowest BCUT2D eigenvalue weighted by atomic mass is 9.94. The van der Waals surface area contributed by atoms with E-state index in [1.54, 1.807) is 10.4 Å². The average Bonchev–Trinajstić information content (AvgIpc) is 3.56. The van der Waals surface area contributed by atoms with Crippen LogP contribution >= 0.6 is 0 Å². The van der Waals surface area contributed by atoms with Crippen molar-refractivity contribution in [3.8, 4) is 0 Å². The Bertz CT molecular complexity index is 1080. The van der Waals surface area contributed by atoms with Crippen molar-refractivity contribution in [1.29, 1.82) is 0 Å². The molecular weight excluding hydrogens is 452 g/mol. The molecule has 0 spiro atoms. The molecule has 1 saturated carbocycles. The van der Waals surface area contributed by atoms with Crippen LogP contribution in [0, 0.1) is 5.92 Å². The Morgan fingerprint density at radius 3 is 2.74 bits per heavy atom. The summed E-state index contributed by atoms with van der Waals surface area (Å²) in [7, 11) is -3.40. The number of hydrogen-bond donors (Lipinski definition) is 2. The van der Waals surface area contributed by atoms with E-state index in [1.807, 2.05) is 30.3 Å². The summed E-state index contributed by atoms with van der Waals surface area (Å²) in [5, 5.41) is 10.4. The van der Waals surface area contributed by atoms with Gasteiger partial charge >= 0.3 is 0 Å². The number of nitrogens with zero attached hydrogens (tertiary/aromatic N) is 2. The van der Waals surface area contributed by atoms with Gasteiger partial charge in [0.25, 0.3) is 5.91 Å². The maximum atomic E-state index is 13.5. The van der Waals surface area contributed by atoms with Gasteiger partial charge in [0.05, 0.1) is 5.75 Å². The lowest BCUT2D eigenvalue weighted by Crippen LogP contribution is -2.54. The summed E-state index contributed by atoms with van der Waals surface area (Å²) >= 11 is 0. The van der Waals surface area contributed by atoms with E-state index in [4.69, 9.17) is 4.52 Å². The molecule has 34 heavy (non-hydrogen) atoms. The van der Waals surface area contributed by atoms with Crippen molar-refractivity contribution in [2.75, 3.05) is 25.4 Å². The molecule has 3 fully saturated rings. The van der Waals surface area contributed by atoms with Crippen molar-refractivity contribution in [2.45, 2.75) is 62.9 Å². The molecule has 1 aromatic carbocycles. The SMILES string of the molecule is O=C(N[C@H]1CCN(S(=O)(=O)CC2CCCNC2)[C@@H](Cc2ccccc2)C1)c1cc(C2CC2)on1. The second-order valence-corrected chi connectivity index (χ2v) is 12.0. The molecule has 3 aliphatic rings. The third-order valence-corrected chi connectivity index (χ3v) is 9.34. The van der Waals surface area contributed by atoms with Crippen molar-refractivity contribution in [3.05, 3.63) is 53.4 Å². The summed E-state index contributed by atoms with van der Waals surface area (Å²) in [6.45, 7) is 2.14. The van der Waals surface area contributed by atoms with Gasteiger partial charge in [0.1, 0.15) is 5.76 Å². The van der Waals surface area contributed by atoms with E-state index >= 15 is 0 Å². The van der Waals surface area contributed by atoms with Crippen LogP contribution < -0.4 is 10.6 Å². The number of aromatic nitrogens is 1. The molecule has 2 N–H and O–H groups in total. The number of rotatable bonds is 8. The van der Waals surface area contributed by atoms with Crippen molar-refractivity contribution >= 4 is 15.9 Å². The number of piperidine rings is 2. The Balaban J connectivity index is 1.28. The maximum Gasteiger partial charge on any atom is 0.273 e. The fraction of sp³-hybridized carbons (Fsp3) is 0.600.